The summed E-state index contributed by atoms with van der Waals surface area (Å²) in [7, 11) is -1.86. The maximum Gasteiger partial charge on any atom is 0.243 e. The predicted molar refractivity (Wildman–Crippen MR) is 88.4 cm³/mol. The summed E-state index contributed by atoms with van der Waals surface area (Å²) in [6.07, 6.45) is 3.28. The largest absolute Gasteiger partial charge is 0.273 e. The third kappa shape index (κ3) is 2.85. The Morgan fingerprint density at radius 1 is 1.22 bits per heavy atom. The number of hydrogen-bond acceptors (Lipinski definition) is 4. The topological polar surface area (TPSA) is 76.9 Å². The first-order chi connectivity index (χ1) is 10.9. The second kappa shape index (κ2) is 5.75. The SMILES string of the molecule is Cc1c(C(C)NS(=O)(=O)c2cccc3cccnc23)cnn1C. The fourth-order valence-corrected chi connectivity index (χ4v) is 4.00. The van der Waals surface area contributed by atoms with E-state index in [0.29, 0.717) is 5.52 Å². The number of fused-ring (bicyclic) bond motifs is 1. The predicted octanol–water partition coefficient (Wildman–Crippen LogP) is 2.32. The van der Waals surface area contributed by atoms with Crippen LogP contribution < -0.4 is 4.72 Å². The van der Waals surface area contributed by atoms with Crippen LogP contribution in [-0.4, -0.2) is 23.2 Å². The van der Waals surface area contributed by atoms with Crippen LogP contribution in [0.4, 0.5) is 0 Å². The summed E-state index contributed by atoms with van der Waals surface area (Å²) in [5.41, 5.74) is 2.25. The molecule has 1 atom stereocenters. The summed E-state index contributed by atoms with van der Waals surface area (Å²) in [5, 5.41) is 4.95. The van der Waals surface area contributed by atoms with Gasteiger partial charge in [-0.05, 0) is 26.0 Å². The zero-order valence-electron chi connectivity index (χ0n) is 13.2. The molecule has 0 aliphatic rings. The molecule has 1 unspecified atom stereocenters. The zero-order chi connectivity index (χ0) is 16.6. The Balaban J connectivity index is 2.00. The summed E-state index contributed by atoms with van der Waals surface area (Å²) in [6.45, 7) is 3.72. The molecule has 7 heteroatoms. The Labute approximate surface area is 135 Å². The van der Waals surface area contributed by atoms with Crippen LogP contribution in [0.5, 0.6) is 0 Å². The van der Waals surface area contributed by atoms with Gasteiger partial charge < -0.3 is 0 Å². The van der Waals surface area contributed by atoms with Gasteiger partial charge in [0.2, 0.25) is 10.0 Å². The highest BCUT2D eigenvalue weighted by Gasteiger charge is 2.23. The molecule has 23 heavy (non-hydrogen) atoms. The molecule has 2 aromatic heterocycles. The van der Waals surface area contributed by atoms with Crippen molar-refractivity contribution in [1.82, 2.24) is 19.5 Å². The van der Waals surface area contributed by atoms with Gasteiger partial charge in [-0.15, -0.1) is 0 Å². The van der Waals surface area contributed by atoms with E-state index in [-0.39, 0.29) is 10.9 Å². The van der Waals surface area contributed by atoms with Gasteiger partial charge in [0.1, 0.15) is 4.90 Å². The quantitative estimate of drug-likeness (QED) is 0.796. The van der Waals surface area contributed by atoms with E-state index in [9.17, 15) is 8.42 Å². The maximum atomic E-state index is 12.8. The van der Waals surface area contributed by atoms with Crippen LogP contribution in [0, 0.1) is 6.92 Å². The Morgan fingerprint density at radius 3 is 2.65 bits per heavy atom. The van der Waals surface area contributed by atoms with E-state index in [1.165, 1.54) is 0 Å². The molecule has 6 nitrogen and oxygen atoms in total. The summed E-state index contributed by atoms with van der Waals surface area (Å²) >= 11 is 0. The van der Waals surface area contributed by atoms with Gasteiger partial charge >= 0.3 is 0 Å². The third-order valence-electron chi connectivity index (χ3n) is 3.96. The molecule has 120 valence electrons. The standard InChI is InChI=1S/C16H18N4O2S/c1-11(14-10-18-20(3)12(14)2)19-23(21,22)15-8-4-6-13-7-5-9-17-16(13)15/h4-11,19H,1-3H3. The molecule has 0 spiro atoms. The average molecular weight is 330 g/mol. The average Bonchev–Trinajstić information content (AvgIpc) is 2.86. The lowest BCUT2D eigenvalue weighted by molar-refractivity contribution is 0.567. The number of para-hydroxylation sites is 1. The Bertz CT molecular complexity index is 958. The molecule has 2 heterocycles. The molecule has 0 radical (unpaired) electrons. The Hall–Kier alpha value is -2.25. The van der Waals surface area contributed by atoms with Crippen LogP contribution in [0.2, 0.25) is 0 Å². The molecule has 0 aliphatic heterocycles. The number of nitrogens with one attached hydrogen (secondary N) is 1. The number of hydrogen-bond donors (Lipinski definition) is 1. The molecule has 3 rings (SSSR count). The van der Waals surface area contributed by atoms with Crippen molar-refractivity contribution in [3.8, 4) is 0 Å². The van der Waals surface area contributed by atoms with Crippen LogP contribution >= 0.6 is 0 Å². The monoisotopic (exact) mass is 330 g/mol. The first-order valence-electron chi connectivity index (χ1n) is 7.25. The first-order valence-corrected chi connectivity index (χ1v) is 8.73. The second-order valence-electron chi connectivity index (χ2n) is 5.48. The lowest BCUT2D eigenvalue weighted by Gasteiger charge is -2.15. The van der Waals surface area contributed by atoms with Crippen LogP contribution in [0.25, 0.3) is 10.9 Å². The number of pyridine rings is 1. The maximum absolute atomic E-state index is 12.8. The van der Waals surface area contributed by atoms with Crippen molar-refractivity contribution in [2.75, 3.05) is 0 Å². The van der Waals surface area contributed by atoms with E-state index < -0.39 is 10.0 Å². The van der Waals surface area contributed by atoms with E-state index in [2.05, 4.69) is 14.8 Å². The Morgan fingerprint density at radius 2 is 1.96 bits per heavy atom. The van der Waals surface area contributed by atoms with Crippen molar-refractivity contribution >= 4 is 20.9 Å². The molecule has 1 aromatic carbocycles. The highest BCUT2D eigenvalue weighted by atomic mass is 32.2. The fraction of sp³-hybridized carbons (Fsp3) is 0.250. The minimum absolute atomic E-state index is 0.184. The highest BCUT2D eigenvalue weighted by Crippen LogP contribution is 2.23. The smallest absolute Gasteiger partial charge is 0.243 e. The number of nitrogens with zero attached hydrogens (tertiary/aromatic N) is 3. The number of aromatic nitrogens is 3. The molecule has 3 aromatic rings. The van der Waals surface area contributed by atoms with Crippen molar-refractivity contribution in [3.05, 3.63) is 54.0 Å². The van der Waals surface area contributed by atoms with Gasteiger partial charge in [-0.2, -0.15) is 5.10 Å². The summed E-state index contributed by atoms with van der Waals surface area (Å²) in [5.74, 6) is 0. The summed E-state index contributed by atoms with van der Waals surface area (Å²) in [4.78, 5) is 4.40. The molecule has 0 amide bonds. The zero-order valence-corrected chi connectivity index (χ0v) is 14.0. The molecule has 1 N–H and O–H groups in total. The lowest BCUT2D eigenvalue weighted by Crippen LogP contribution is -2.27. The van der Waals surface area contributed by atoms with Gasteiger partial charge in [0, 0.05) is 35.9 Å². The summed E-state index contributed by atoms with van der Waals surface area (Å²) in [6, 6.07) is 8.38. The highest BCUT2D eigenvalue weighted by molar-refractivity contribution is 7.89. The molecular weight excluding hydrogens is 312 g/mol. The molecule has 0 aliphatic carbocycles. The molecule has 0 fully saturated rings. The van der Waals surface area contributed by atoms with E-state index in [1.54, 1.807) is 42.2 Å². The van der Waals surface area contributed by atoms with Crippen molar-refractivity contribution in [1.29, 1.82) is 0 Å². The minimum atomic E-state index is -3.69. The van der Waals surface area contributed by atoms with Crippen molar-refractivity contribution in [2.45, 2.75) is 24.8 Å². The van der Waals surface area contributed by atoms with Crippen molar-refractivity contribution < 1.29 is 8.42 Å². The lowest BCUT2D eigenvalue weighted by atomic mass is 10.1. The van der Waals surface area contributed by atoms with Crippen LogP contribution in [0.15, 0.2) is 47.6 Å². The van der Waals surface area contributed by atoms with Gasteiger partial charge in [0.15, 0.2) is 0 Å². The fourth-order valence-electron chi connectivity index (χ4n) is 2.59. The minimum Gasteiger partial charge on any atom is -0.273 e. The van der Waals surface area contributed by atoms with E-state index in [0.717, 1.165) is 16.6 Å². The van der Waals surface area contributed by atoms with Gasteiger partial charge in [-0.25, -0.2) is 13.1 Å². The van der Waals surface area contributed by atoms with Gasteiger partial charge in [-0.1, -0.05) is 18.2 Å². The number of benzene rings is 1. The van der Waals surface area contributed by atoms with Crippen LogP contribution in [0.1, 0.15) is 24.2 Å². The van der Waals surface area contributed by atoms with E-state index in [4.69, 9.17) is 0 Å². The molecular formula is C16H18N4O2S. The third-order valence-corrected chi connectivity index (χ3v) is 5.53. The summed E-state index contributed by atoms with van der Waals surface area (Å²) < 4.78 is 30.0. The number of sulfonamides is 1. The number of rotatable bonds is 4. The first kappa shape index (κ1) is 15.6. The number of aryl methyl sites for hydroxylation is 1. The van der Waals surface area contributed by atoms with Crippen LogP contribution in [-0.2, 0) is 17.1 Å². The normalized spacial score (nSPS) is 13.3. The Kier molecular flexibility index (Phi) is 3.91. The van der Waals surface area contributed by atoms with Crippen molar-refractivity contribution in [2.24, 2.45) is 7.05 Å². The van der Waals surface area contributed by atoms with Gasteiger partial charge in [-0.3, -0.25) is 9.67 Å². The second-order valence-corrected chi connectivity index (χ2v) is 7.17. The van der Waals surface area contributed by atoms with Crippen LogP contribution in [0.3, 0.4) is 0 Å². The van der Waals surface area contributed by atoms with E-state index in [1.807, 2.05) is 26.1 Å². The van der Waals surface area contributed by atoms with Gasteiger partial charge in [0.05, 0.1) is 11.7 Å². The van der Waals surface area contributed by atoms with Crippen molar-refractivity contribution in [3.63, 3.8) is 0 Å². The van der Waals surface area contributed by atoms with Gasteiger partial charge in [0.25, 0.3) is 0 Å². The molecule has 0 saturated heterocycles. The molecule has 0 bridgehead atoms. The van der Waals surface area contributed by atoms with E-state index >= 15 is 0 Å². The molecule has 0 saturated carbocycles.